The summed E-state index contributed by atoms with van der Waals surface area (Å²) in [5.41, 5.74) is 2.90. The Labute approximate surface area is 59.0 Å². The Morgan fingerprint density at radius 2 is 2.60 bits per heavy atom. The highest BCUT2D eigenvalue weighted by atomic mass is 16.5. The lowest BCUT2D eigenvalue weighted by Gasteiger charge is -1.93. The minimum Gasteiger partial charge on any atom is -0.365 e. The Morgan fingerprint density at radius 3 is 3.00 bits per heavy atom. The van der Waals surface area contributed by atoms with Crippen molar-refractivity contribution in [3.8, 4) is 0 Å². The predicted molar refractivity (Wildman–Crippen MR) is 35.8 cm³/mol. The van der Waals surface area contributed by atoms with Crippen LogP contribution in [0.3, 0.4) is 0 Å². The molecule has 0 aromatic carbocycles. The molecule has 1 atom stereocenters. The van der Waals surface area contributed by atoms with Gasteiger partial charge in [-0.2, -0.15) is 0 Å². The summed E-state index contributed by atoms with van der Waals surface area (Å²) in [4.78, 5) is 11.0. The van der Waals surface area contributed by atoms with E-state index in [0.29, 0.717) is 12.2 Å². The Morgan fingerprint density at radius 1 is 1.90 bits per heavy atom. The second kappa shape index (κ2) is 2.81. The zero-order chi connectivity index (χ0) is 7.56. The van der Waals surface area contributed by atoms with Gasteiger partial charge in [0.15, 0.2) is 5.78 Å². The third-order valence-electron chi connectivity index (χ3n) is 1.43. The van der Waals surface area contributed by atoms with E-state index in [9.17, 15) is 4.79 Å². The molecule has 0 aromatic rings. The topological polar surface area (TPSA) is 64.3 Å². The van der Waals surface area contributed by atoms with Gasteiger partial charge in [-0.1, -0.05) is 0 Å². The van der Waals surface area contributed by atoms with Crippen molar-refractivity contribution < 1.29 is 9.53 Å². The first kappa shape index (κ1) is 7.24. The molecule has 0 aromatic heterocycles. The zero-order valence-corrected chi connectivity index (χ0v) is 5.76. The summed E-state index contributed by atoms with van der Waals surface area (Å²) in [6, 6.07) is 0. The number of hydrazine groups is 1. The van der Waals surface area contributed by atoms with Crippen LogP contribution in [0.25, 0.3) is 0 Å². The lowest BCUT2D eigenvalue weighted by atomic mass is 10.2. The van der Waals surface area contributed by atoms with Gasteiger partial charge >= 0.3 is 0 Å². The van der Waals surface area contributed by atoms with Gasteiger partial charge in [0.05, 0.1) is 6.61 Å². The van der Waals surface area contributed by atoms with Crippen molar-refractivity contribution in [2.24, 2.45) is 5.84 Å². The van der Waals surface area contributed by atoms with E-state index in [1.807, 2.05) is 0 Å². The van der Waals surface area contributed by atoms with E-state index in [1.54, 1.807) is 6.92 Å². The average molecular weight is 142 g/mol. The highest BCUT2D eigenvalue weighted by Crippen LogP contribution is 2.12. The number of hydrogen-bond donors (Lipinski definition) is 2. The van der Waals surface area contributed by atoms with Crippen molar-refractivity contribution in [3.63, 3.8) is 0 Å². The van der Waals surface area contributed by atoms with E-state index in [0.717, 1.165) is 0 Å². The van der Waals surface area contributed by atoms with Crippen LogP contribution in [0.4, 0.5) is 0 Å². The predicted octanol–water partition coefficient (Wildman–Crippen LogP) is -0.679. The molecule has 0 spiro atoms. The van der Waals surface area contributed by atoms with Gasteiger partial charge in [0.25, 0.3) is 0 Å². The second-order valence-corrected chi connectivity index (χ2v) is 2.15. The molecular weight excluding hydrogens is 132 g/mol. The maximum absolute atomic E-state index is 11.0. The SMILES string of the molecule is CC1OCC(=CNN)C1=O. The van der Waals surface area contributed by atoms with Crippen molar-refractivity contribution in [2.75, 3.05) is 6.61 Å². The van der Waals surface area contributed by atoms with Gasteiger partial charge in [-0.3, -0.25) is 10.6 Å². The second-order valence-electron chi connectivity index (χ2n) is 2.15. The Bertz CT molecular complexity index is 177. The van der Waals surface area contributed by atoms with Crippen LogP contribution in [0.15, 0.2) is 11.8 Å². The minimum atomic E-state index is -0.306. The third kappa shape index (κ3) is 1.17. The fourth-order valence-electron chi connectivity index (χ4n) is 0.836. The van der Waals surface area contributed by atoms with Crippen molar-refractivity contribution in [1.82, 2.24) is 5.43 Å². The molecule has 1 aliphatic heterocycles. The van der Waals surface area contributed by atoms with Gasteiger partial charge in [0, 0.05) is 11.8 Å². The van der Waals surface area contributed by atoms with E-state index in [-0.39, 0.29) is 11.9 Å². The summed E-state index contributed by atoms with van der Waals surface area (Å²) in [6.07, 6.45) is 1.16. The van der Waals surface area contributed by atoms with Crippen LogP contribution in [0.1, 0.15) is 6.92 Å². The smallest absolute Gasteiger partial charge is 0.191 e. The lowest BCUT2D eigenvalue weighted by Crippen LogP contribution is -2.17. The molecule has 0 aliphatic carbocycles. The lowest BCUT2D eigenvalue weighted by molar-refractivity contribution is -0.119. The number of carbonyl (C=O) groups excluding carboxylic acids is 1. The van der Waals surface area contributed by atoms with Crippen LogP contribution >= 0.6 is 0 Å². The maximum atomic E-state index is 11.0. The van der Waals surface area contributed by atoms with Gasteiger partial charge in [0.1, 0.15) is 6.10 Å². The number of ketones is 1. The standard InChI is InChI=1S/C6H10N2O2/c1-4-6(9)5(2-8-7)3-10-4/h2,4,8H,3,7H2,1H3. The van der Waals surface area contributed by atoms with Crippen molar-refractivity contribution >= 4 is 5.78 Å². The normalized spacial score (nSPS) is 29.6. The van der Waals surface area contributed by atoms with E-state index in [4.69, 9.17) is 10.6 Å². The zero-order valence-electron chi connectivity index (χ0n) is 5.76. The van der Waals surface area contributed by atoms with E-state index in [2.05, 4.69) is 5.43 Å². The molecule has 1 saturated heterocycles. The Balaban J connectivity index is 2.66. The van der Waals surface area contributed by atoms with E-state index in [1.165, 1.54) is 6.20 Å². The molecule has 56 valence electrons. The Kier molecular flexibility index (Phi) is 2.03. The molecule has 10 heavy (non-hydrogen) atoms. The number of hydrogen-bond acceptors (Lipinski definition) is 4. The highest BCUT2D eigenvalue weighted by molar-refractivity contribution is 6.00. The van der Waals surface area contributed by atoms with Crippen molar-refractivity contribution in [1.29, 1.82) is 0 Å². The molecule has 1 fully saturated rings. The number of ether oxygens (including phenoxy) is 1. The fourth-order valence-corrected chi connectivity index (χ4v) is 0.836. The first-order valence-electron chi connectivity index (χ1n) is 3.06. The highest BCUT2D eigenvalue weighted by Gasteiger charge is 2.25. The summed E-state index contributed by atoms with van der Waals surface area (Å²) >= 11 is 0. The molecule has 0 amide bonds. The van der Waals surface area contributed by atoms with Crippen LogP contribution in [0.2, 0.25) is 0 Å². The monoisotopic (exact) mass is 142 g/mol. The first-order chi connectivity index (χ1) is 4.75. The largest absolute Gasteiger partial charge is 0.365 e. The molecular formula is C6H10N2O2. The number of rotatable bonds is 1. The molecule has 1 aliphatic rings. The van der Waals surface area contributed by atoms with Gasteiger partial charge in [-0.25, -0.2) is 0 Å². The van der Waals surface area contributed by atoms with Crippen molar-refractivity contribution in [2.45, 2.75) is 13.0 Å². The number of carbonyl (C=O) groups is 1. The van der Waals surface area contributed by atoms with Crippen LogP contribution in [0.5, 0.6) is 0 Å². The van der Waals surface area contributed by atoms with Gasteiger partial charge < -0.3 is 10.2 Å². The maximum Gasteiger partial charge on any atom is 0.191 e. The number of nitrogens with one attached hydrogen (secondary N) is 1. The summed E-state index contributed by atoms with van der Waals surface area (Å²) in [5.74, 6) is 4.99. The van der Waals surface area contributed by atoms with Gasteiger partial charge in [-0.15, -0.1) is 0 Å². The fraction of sp³-hybridized carbons (Fsp3) is 0.500. The van der Waals surface area contributed by atoms with Crippen LogP contribution in [-0.4, -0.2) is 18.5 Å². The minimum absolute atomic E-state index is 0.0120. The van der Waals surface area contributed by atoms with Crippen LogP contribution < -0.4 is 11.3 Å². The van der Waals surface area contributed by atoms with Crippen molar-refractivity contribution in [3.05, 3.63) is 11.8 Å². The quantitative estimate of drug-likeness (QED) is 0.289. The first-order valence-corrected chi connectivity index (χ1v) is 3.06. The van der Waals surface area contributed by atoms with Gasteiger partial charge in [0.2, 0.25) is 0 Å². The molecule has 1 unspecified atom stereocenters. The third-order valence-corrected chi connectivity index (χ3v) is 1.43. The van der Waals surface area contributed by atoms with Gasteiger partial charge in [-0.05, 0) is 6.92 Å². The molecule has 4 nitrogen and oxygen atoms in total. The summed E-state index contributed by atoms with van der Waals surface area (Å²) in [7, 11) is 0. The molecule has 4 heteroatoms. The molecule has 1 rings (SSSR count). The Hall–Kier alpha value is -0.870. The molecule has 1 heterocycles. The average Bonchev–Trinajstić information content (AvgIpc) is 2.20. The molecule has 0 radical (unpaired) electrons. The van der Waals surface area contributed by atoms with Crippen LogP contribution in [0, 0.1) is 0 Å². The summed E-state index contributed by atoms with van der Waals surface area (Å²) in [5, 5.41) is 0. The number of Topliss-reactive ketones (excluding diaryl/α,β-unsaturated/α-hetero) is 1. The molecule has 3 N–H and O–H groups in total. The number of nitrogens with two attached hydrogens (primary N) is 1. The van der Waals surface area contributed by atoms with E-state index < -0.39 is 0 Å². The summed E-state index contributed by atoms with van der Waals surface area (Å²) < 4.78 is 5.02. The summed E-state index contributed by atoms with van der Waals surface area (Å²) in [6.45, 7) is 2.09. The molecule has 0 saturated carbocycles. The van der Waals surface area contributed by atoms with Crippen LogP contribution in [-0.2, 0) is 9.53 Å². The molecule has 0 bridgehead atoms. The van der Waals surface area contributed by atoms with E-state index >= 15 is 0 Å².